The van der Waals surface area contributed by atoms with E-state index in [9.17, 15) is 14.4 Å². The van der Waals surface area contributed by atoms with Gasteiger partial charge in [0, 0.05) is 17.8 Å². The van der Waals surface area contributed by atoms with Crippen LogP contribution in [-0.4, -0.2) is 30.7 Å². The van der Waals surface area contributed by atoms with Crippen LogP contribution in [0.5, 0.6) is 0 Å². The van der Waals surface area contributed by atoms with Crippen LogP contribution >= 0.6 is 0 Å². The molecule has 2 aromatic carbocycles. The Labute approximate surface area is 146 Å². The molecular formula is C20H20N2O3. The molecule has 0 atom stereocenters. The fraction of sp³-hybridized carbons (Fsp3) is 0.250. The van der Waals surface area contributed by atoms with E-state index in [-0.39, 0.29) is 12.5 Å². The molecule has 0 unspecified atom stereocenters. The Morgan fingerprint density at radius 3 is 2.52 bits per heavy atom. The van der Waals surface area contributed by atoms with Crippen LogP contribution in [0.3, 0.4) is 0 Å². The van der Waals surface area contributed by atoms with Crippen LogP contribution in [0, 0.1) is 6.92 Å². The van der Waals surface area contributed by atoms with Crippen molar-refractivity contribution >= 4 is 23.3 Å². The highest BCUT2D eigenvalue weighted by molar-refractivity contribution is 6.43. The van der Waals surface area contributed by atoms with Gasteiger partial charge in [-0.3, -0.25) is 14.4 Å². The molecule has 2 aromatic rings. The first-order chi connectivity index (χ1) is 12.1. The van der Waals surface area contributed by atoms with Crippen molar-refractivity contribution in [2.75, 3.05) is 18.0 Å². The van der Waals surface area contributed by atoms with Crippen LogP contribution in [0.1, 0.15) is 27.9 Å². The maximum absolute atomic E-state index is 12.5. The molecule has 0 bridgehead atoms. The Morgan fingerprint density at radius 2 is 1.76 bits per heavy atom. The monoisotopic (exact) mass is 336 g/mol. The lowest BCUT2D eigenvalue weighted by atomic mass is 10.0. The third-order valence-corrected chi connectivity index (χ3v) is 4.33. The van der Waals surface area contributed by atoms with E-state index in [4.69, 9.17) is 0 Å². The van der Waals surface area contributed by atoms with Gasteiger partial charge in [-0.15, -0.1) is 0 Å². The van der Waals surface area contributed by atoms with Gasteiger partial charge in [0.25, 0.3) is 5.91 Å². The van der Waals surface area contributed by atoms with Gasteiger partial charge in [0.1, 0.15) is 0 Å². The lowest BCUT2D eigenvalue weighted by Gasteiger charge is -2.29. The molecule has 5 heteroatoms. The number of fused-ring (bicyclic) bond motifs is 1. The van der Waals surface area contributed by atoms with E-state index in [1.165, 1.54) is 0 Å². The van der Waals surface area contributed by atoms with Gasteiger partial charge in [-0.25, -0.2) is 0 Å². The summed E-state index contributed by atoms with van der Waals surface area (Å²) in [6.07, 6.45) is 1.83. The molecular weight excluding hydrogens is 316 g/mol. The Kier molecular flexibility index (Phi) is 4.93. The Hall–Kier alpha value is -2.95. The summed E-state index contributed by atoms with van der Waals surface area (Å²) in [4.78, 5) is 38.3. The highest BCUT2D eigenvalue weighted by Gasteiger charge is 2.23. The number of Topliss-reactive ketones (excluding diaryl/α,β-unsaturated/α-hetero) is 1. The number of benzene rings is 2. The normalized spacial score (nSPS) is 13.1. The number of aryl methyl sites for hydroxylation is 2. The van der Waals surface area contributed by atoms with Gasteiger partial charge in [-0.2, -0.15) is 0 Å². The van der Waals surface area contributed by atoms with E-state index in [1.54, 1.807) is 29.2 Å². The van der Waals surface area contributed by atoms with Gasteiger partial charge < -0.3 is 10.2 Å². The number of rotatable bonds is 4. The third kappa shape index (κ3) is 3.76. The molecule has 2 amide bonds. The zero-order chi connectivity index (χ0) is 17.8. The molecule has 1 aliphatic rings. The summed E-state index contributed by atoms with van der Waals surface area (Å²) in [5.41, 5.74) is 3.34. The van der Waals surface area contributed by atoms with Crippen molar-refractivity contribution < 1.29 is 14.4 Å². The Bertz CT molecular complexity index is 812. The number of ketones is 1. The van der Waals surface area contributed by atoms with Crippen LogP contribution in [0.2, 0.25) is 0 Å². The Balaban J connectivity index is 1.62. The third-order valence-electron chi connectivity index (χ3n) is 4.33. The standard InChI is InChI=1S/C20H20N2O3/c1-14-8-10-16(11-9-14)19(24)20(25)21-13-18(23)22-12-4-6-15-5-2-3-7-17(15)22/h2-3,5,7-11H,4,6,12-13H2,1H3,(H,21,25). The number of anilines is 1. The molecule has 0 aliphatic carbocycles. The second-order valence-corrected chi connectivity index (χ2v) is 6.16. The summed E-state index contributed by atoms with van der Waals surface area (Å²) in [6.45, 7) is 2.34. The first-order valence-electron chi connectivity index (χ1n) is 8.34. The summed E-state index contributed by atoms with van der Waals surface area (Å²) in [5, 5.41) is 2.44. The second kappa shape index (κ2) is 7.30. The zero-order valence-corrected chi connectivity index (χ0v) is 14.1. The Morgan fingerprint density at radius 1 is 1.04 bits per heavy atom. The lowest BCUT2D eigenvalue weighted by Crippen LogP contribution is -2.44. The SMILES string of the molecule is Cc1ccc(C(=O)C(=O)NCC(=O)N2CCCc3ccccc32)cc1. The molecule has 1 N–H and O–H groups in total. The van der Waals surface area contributed by atoms with Crippen molar-refractivity contribution in [1.82, 2.24) is 5.32 Å². The predicted octanol–water partition coefficient (Wildman–Crippen LogP) is 2.27. The largest absolute Gasteiger partial charge is 0.340 e. The summed E-state index contributed by atoms with van der Waals surface area (Å²) < 4.78 is 0. The topological polar surface area (TPSA) is 66.5 Å². The number of hydrogen-bond donors (Lipinski definition) is 1. The molecule has 3 rings (SSSR count). The molecule has 0 aromatic heterocycles. The molecule has 25 heavy (non-hydrogen) atoms. The van der Waals surface area contributed by atoms with Crippen molar-refractivity contribution in [3.8, 4) is 0 Å². The van der Waals surface area contributed by atoms with E-state index in [0.29, 0.717) is 12.1 Å². The number of carbonyl (C=O) groups is 3. The highest BCUT2D eigenvalue weighted by Crippen LogP contribution is 2.26. The molecule has 0 fully saturated rings. The predicted molar refractivity (Wildman–Crippen MR) is 95.6 cm³/mol. The first kappa shape index (κ1) is 16.9. The van der Waals surface area contributed by atoms with Gasteiger partial charge in [0.15, 0.2) is 0 Å². The molecule has 0 radical (unpaired) electrons. The second-order valence-electron chi connectivity index (χ2n) is 6.16. The van der Waals surface area contributed by atoms with Gasteiger partial charge in [-0.05, 0) is 31.4 Å². The van der Waals surface area contributed by atoms with E-state index >= 15 is 0 Å². The lowest BCUT2D eigenvalue weighted by molar-refractivity contribution is -0.122. The van der Waals surface area contributed by atoms with Crippen molar-refractivity contribution in [2.24, 2.45) is 0 Å². The van der Waals surface area contributed by atoms with Crippen LogP contribution < -0.4 is 10.2 Å². The quantitative estimate of drug-likeness (QED) is 0.688. The average Bonchev–Trinajstić information content (AvgIpc) is 2.65. The van der Waals surface area contributed by atoms with E-state index in [0.717, 1.165) is 29.7 Å². The highest BCUT2D eigenvalue weighted by atomic mass is 16.2. The first-order valence-corrected chi connectivity index (χ1v) is 8.34. The van der Waals surface area contributed by atoms with Crippen LogP contribution in [0.15, 0.2) is 48.5 Å². The molecule has 5 nitrogen and oxygen atoms in total. The molecule has 0 saturated carbocycles. The van der Waals surface area contributed by atoms with Crippen molar-refractivity contribution in [3.63, 3.8) is 0 Å². The molecule has 128 valence electrons. The number of nitrogens with one attached hydrogen (secondary N) is 1. The summed E-state index contributed by atoms with van der Waals surface area (Å²) >= 11 is 0. The minimum atomic E-state index is -0.762. The van der Waals surface area contributed by atoms with Crippen molar-refractivity contribution in [3.05, 3.63) is 65.2 Å². The maximum atomic E-state index is 12.5. The zero-order valence-electron chi connectivity index (χ0n) is 14.1. The molecule has 0 spiro atoms. The van der Waals surface area contributed by atoms with E-state index in [1.807, 2.05) is 31.2 Å². The minimum Gasteiger partial charge on any atom is -0.340 e. The van der Waals surface area contributed by atoms with Gasteiger partial charge in [0.05, 0.1) is 6.54 Å². The fourth-order valence-corrected chi connectivity index (χ4v) is 2.96. The minimum absolute atomic E-state index is 0.190. The van der Waals surface area contributed by atoms with Crippen LogP contribution in [0.25, 0.3) is 0 Å². The number of para-hydroxylation sites is 1. The van der Waals surface area contributed by atoms with Crippen molar-refractivity contribution in [1.29, 1.82) is 0 Å². The number of carbonyl (C=O) groups excluding carboxylic acids is 3. The average molecular weight is 336 g/mol. The van der Waals surface area contributed by atoms with E-state index < -0.39 is 11.7 Å². The number of nitrogens with zero attached hydrogens (tertiary/aromatic N) is 1. The van der Waals surface area contributed by atoms with Gasteiger partial charge in [-0.1, -0.05) is 48.0 Å². The van der Waals surface area contributed by atoms with E-state index in [2.05, 4.69) is 5.32 Å². The summed E-state index contributed by atoms with van der Waals surface area (Å²) in [7, 11) is 0. The van der Waals surface area contributed by atoms with Gasteiger partial charge in [0.2, 0.25) is 11.7 Å². The van der Waals surface area contributed by atoms with Gasteiger partial charge >= 0.3 is 0 Å². The maximum Gasteiger partial charge on any atom is 0.292 e. The van der Waals surface area contributed by atoms with Crippen LogP contribution in [-0.2, 0) is 16.0 Å². The summed E-state index contributed by atoms with van der Waals surface area (Å²) in [5.74, 6) is -1.61. The smallest absolute Gasteiger partial charge is 0.292 e. The molecule has 1 heterocycles. The molecule has 1 aliphatic heterocycles. The fourth-order valence-electron chi connectivity index (χ4n) is 2.96. The number of hydrogen-bond acceptors (Lipinski definition) is 3. The summed E-state index contributed by atoms with van der Waals surface area (Å²) in [6, 6.07) is 14.5. The van der Waals surface area contributed by atoms with Crippen molar-refractivity contribution in [2.45, 2.75) is 19.8 Å². The van der Waals surface area contributed by atoms with Crippen LogP contribution in [0.4, 0.5) is 5.69 Å². The number of amides is 2. The molecule has 0 saturated heterocycles.